The zero-order chi connectivity index (χ0) is 22.0. The molecule has 1 fully saturated rings. The summed E-state index contributed by atoms with van der Waals surface area (Å²) in [4.78, 5) is 11.8. The summed E-state index contributed by atoms with van der Waals surface area (Å²) < 4.78 is 34.4. The Bertz CT molecular complexity index is 1090. The zero-order valence-corrected chi connectivity index (χ0v) is 17.8. The summed E-state index contributed by atoms with van der Waals surface area (Å²) in [5, 5.41) is 0. The number of hydrogen-bond donors (Lipinski definition) is 1. The van der Waals surface area contributed by atoms with E-state index in [1.165, 1.54) is 31.9 Å². The fraction of sp³-hybridized carbons (Fsp3) is 0.333. The van der Waals surface area contributed by atoms with Crippen LogP contribution >= 0.6 is 0 Å². The maximum Gasteiger partial charge on any atom is -0.0443 e. The van der Waals surface area contributed by atoms with Crippen molar-refractivity contribution in [3.05, 3.63) is 64.2 Å². The summed E-state index contributed by atoms with van der Waals surface area (Å²) in [6.45, 7) is 8.97. The van der Waals surface area contributed by atoms with Gasteiger partial charge in [0.2, 0.25) is 0 Å². The molecule has 2 aromatic carbocycles. The zero-order valence-electron chi connectivity index (χ0n) is 17.8. The largest absolute Gasteiger partial charge is 0.0625 e. The molecule has 2 N–H and O–H groups in total. The van der Waals surface area contributed by atoms with Crippen LogP contribution in [0.25, 0.3) is 22.5 Å². The van der Waals surface area contributed by atoms with Gasteiger partial charge in [-0.2, -0.15) is 0 Å². The number of Topliss-reactive ketones (excluding diaryl/α,β-unsaturated/α-hetero) is 1. The second-order valence-electron chi connectivity index (χ2n) is 8.00. The second-order valence-corrected chi connectivity index (χ2v) is 8.00. The smallest absolute Gasteiger partial charge is 0.0443 e. The summed E-state index contributed by atoms with van der Waals surface area (Å²) in [6, 6.07) is 7.42. The van der Waals surface area contributed by atoms with E-state index in [9.17, 15) is 13.6 Å². The van der Waals surface area contributed by atoms with Crippen molar-refractivity contribution >= 4 is 12.7 Å². The molecule has 1 aliphatic rings. The first-order valence-corrected chi connectivity index (χ1v) is 10.1. The molecule has 0 atom stereocenters. The molecule has 1 heterocycles. The van der Waals surface area contributed by atoms with Gasteiger partial charge in [-0.05, 0) is 5.92 Å². The van der Waals surface area contributed by atoms with E-state index in [1.807, 2.05) is 0 Å². The molecule has 1 aliphatic carbocycles. The molecule has 0 saturated heterocycles. The van der Waals surface area contributed by atoms with Gasteiger partial charge in [0.1, 0.15) is 0 Å². The Hall–Kier alpha value is -2.60. The molecule has 4 rings (SSSR count). The number of aryl methyl sites for hydroxylation is 2. The quantitative estimate of drug-likeness (QED) is 0.544. The third-order valence-corrected chi connectivity index (χ3v) is 5.24. The van der Waals surface area contributed by atoms with E-state index in [0.717, 1.165) is 11.5 Å². The van der Waals surface area contributed by atoms with Crippen LogP contribution in [0.4, 0.5) is 8.78 Å². The number of ketones is 1. The molecule has 0 aliphatic heterocycles. The monoisotopic (exact) mass is 409 g/mol. The molecule has 6 heteroatoms. The van der Waals surface area contributed by atoms with Gasteiger partial charge in [0, 0.05) is 0 Å². The third-order valence-electron chi connectivity index (χ3n) is 5.24. The van der Waals surface area contributed by atoms with Crippen molar-refractivity contribution in [1.82, 2.24) is 0 Å². The molecule has 0 unspecified atom stereocenters. The Morgan fingerprint density at radius 3 is 2.33 bits per heavy atom. The van der Waals surface area contributed by atoms with Gasteiger partial charge in [0.15, 0.2) is 0 Å². The fourth-order valence-electron chi connectivity index (χ4n) is 3.17. The van der Waals surface area contributed by atoms with Crippen LogP contribution in [0.1, 0.15) is 53.7 Å². The summed E-state index contributed by atoms with van der Waals surface area (Å²) in [7, 11) is 0. The van der Waals surface area contributed by atoms with Crippen molar-refractivity contribution in [2.45, 2.75) is 47.1 Å². The molecule has 0 spiro atoms. The van der Waals surface area contributed by atoms with E-state index in [4.69, 9.17) is 10.2 Å². The van der Waals surface area contributed by atoms with Crippen LogP contribution in [0.2, 0.25) is 0 Å². The van der Waals surface area contributed by atoms with Crippen LogP contribution in [0.3, 0.4) is 0 Å². The van der Waals surface area contributed by atoms with Gasteiger partial charge >= 0.3 is 150 Å². The first-order valence-electron chi connectivity index (χ1n) is 10.1. The topological polar surface area (TPSA) is 56.2 Å². The first kappa shape index (κ1) is 22.1. The van der Waals surface area contributed by atoms with Gasteiger partial charge in [-0.25, -0.2) is 0 Å². The summed E-state index contributed by atoms with van der Waals surface area (Å²) >= 11 is 0. The number of rotatable bonds is 4. The van der Waals surface area contributed by atoms with Gasteiger partial charge in [0.05, 0.1) is 0 Å². The standard InChI is InChI=1S/C20H18BF2NO2.C4H8/c1-10-6-16(13-4-5-14(9-24)17(22)7-13)18(23)8-15(10)20-19(11(2)25)21-12(3)26-20;1-4-2-3-4/h4-8H,9,24H2,1-3H3;4H,2-3H2,1H3. The molecule has 0 radical (unpaired) electrons. The Morgan fingerprint density at radius 2 is 1.80 bits per heavy atom. The van der Waals surface area contributed by atoms with Gasteiger partial charge in [-0.3, -0.25) is 0 Å². The molecule has 30 heavy (non-hydrogen) atoms. The predicted molar refractivity (Wildman–Crippen MR) is 117 cm³/mol. The molecule has 1 saturated carbocycles. The van der Waals surface area contributed by atoms with Crippen molar-refractivity contribution in [3.8, 4) is 22.5 Å². The van der Waals surface area contributed by atoms with Gasteiger partial charge < -0.3 is 0 Å². The molecule has 3 nitrogen and oxygen atoms in total. The fourth-order valence-corrected chi connectivity index (χ4v) is 3.17. The van der Waals surface area contributed by atoms with Crippen LogP contribution in [0, 0.1) is 31.4 Å². The molecule has 156 valence electrons. The summed E-state index contributed by atoms with van der Waals surface area (Å²) in [5.41, 5.74) is 8.76. The van der Waals surface area contributed by atoms with Crippen molar-refractivity contribution in [1.29, 1.82) is 0 Å². The van der Waals surface area contributed by atoms with Crippen molar-refractivity contribution in [3.63, 3.8) is 0 Å². The van der Waals surface area contributed by atoms with E-state index >= 15 is 0 Å². The average Bonchev–Trinajstić information content (AvgIpc) is 3.38. The van der Waals surface area contributed by atoms with E-state index in [-0.39, 0.29) is 17.9 Å². The molecule has 0 bridgehead atoms. The number of halogens is 2. The molecular formula is C24H26BF2NO2. The third kappa shape index (κ3) is 4.93. The van der Waals surface area contributed by atoms with Gasteiger partial charge in [-0.1, -0.05) is 19.8 Å². The average molecular weight is 409 g/mol. The summed E-state index contributed by atoms with van der Waals surface area (Å²) in [5.74, 6) is 0.295. The van der Waals surface area contributed by atoms with Crippen LogP contribution in [0.5, 0.6) is 0 Å². The Balaban J connectivity index is 0.000000572. The molecule has 3 aromatic rings. The molecule has 1 aromatic heterocycles. The van der Waals surface area contributed by atoms with Gasteiger partial charge in [-0.15, -0.1) is 0 Å². The van der Waals surface area contributed by atoms with Crippen LogP contribution in [0.15, 0.2) is 34.7 Å². The van der Waals surface area contributed by atoms with Gasteiger partial charge in [0.25, 0.3) is 0 Å². The number of hydrogen-bond acceptors (Lipinski definition) is 3. The Labute approximate surface area is 176 Å². The van der Waals surface area contributed by atoms with E-state index in [2.05, 4.69) is 6.92 Å². The number of benzene rings is 2. The summed E-state index contributed by atoms with van der Waals surface area (Å²) in [6.07, 6.45) is 2.97. The minimum Gasteiger partial charge on any atom is -0.0625 e. The minimum atomic E-state index is -0.519. The van der Waals surface area contributed by atoms with Crippen LogP contribution < -0.4 is 5.73 Å². The Morgan fingerprint density at radius 1 is 1.13 bits per heavy atom. The predicted octanol–water partition coefficient (Wildman–Crippen LogP) is 5.92. The maximum absolute atomic E-state index is 14.8. The Kier molecular flexibility index (Phi) is 6.66. The van der Waals surface area contributed by atoms with E-state index in [1.54, 1.807) is 39.0 Å². The minimum absolute atomic E-state index is 0.0816. The van der Waals surface area contributed by atoms with Crippen LogP contribution in [-0.4, -0.2) is 12.7 Å². The van der Waals surface area contributed by atoms with E-state index in [0.29, 0.717) is 33.6 Å². The normalized spacial score (nSPS) is 12.9. The molecular weight excluding hydrogens is 383 g/mol. The maximum atomic E-state index is 14.8. The molecule has 0 amide bonds. The van der Waals surface area contributed by atoms with Crippen molar-refractivity contribution < 1.29 is 18.0 Å². The van der Waals surface area contributed by atoms with Crippen molar-refractivity contribution in [2.24, 2.45) is 11.7 Å². The number of carbonyl (C=O) groups is 1. The van der Waals surface area contributed by atoms with Crippen LogP contribution in [-0.2, 0) is 6.54 Å². The van der Waals surface area contributed by atoms with E-state index < -0.39 is 11.6 Å². The van der Waals surface area contributed by atoms with Crippen molar-refractivity contribution in [2.75, 3.05) is 0 Å². The first-order chi connectivity index (χ1) is 14.2. The number of carbonyl (C=O) groups excluding carboxylic acids is 1. The second kappa shape index (κ2) is 9.05. The SMILES string of the molecule is CC(=O)c1bc(C)oc1-c1cc(F)c(-c2ccc(CN)c(F)c2)cc1C.CC1CC1. The number of nitrogens with two attached hydrogens (primary N) is 1.